The third-order valence-corrected chi connectivity index (χ3v) is 6.91. The fraction of sp³-hybridized carbons (Fsp3) is 0.517. The van der Waals surface area contributed by atoms with Crippen molar-refractivity contribution in [3.63, 3.8) is 0 Å². The highest BCUT2D eigenvalue weighted by Crippen LogP contribution is 2.28. The zero-order valence-corrected chi connectivity index (χ0v) is 20.8. The Kier molecular flexibility index (Phi) is 8.62. The molecule has 1 aromatic heterocycles. The summed E-state index contributed by atoms with van der Waals surface area (Å²) in [5.74, 6) is 3.23. The lowest BCUT2D eigenvalue weighted by atomic mass is 9.99. The molecule has 5 heteroatoms. The van der Waals surface area contributed by atoms with Crippen molar-refractivity contribution in [2.24, 2.45) is 5.92 Å². The number of aryl methyl sites for hydroxylation is 2. The Morgan fingerprint density at radius 3 is 2.65 bits per heavy atom. The Morgan fingerprint density at radius 2 is 1.88 bits per heavy atom. The van der Waals surface area contributed by atoms with Gasteiger partial charge in [-0.25, -0.2) is 4.98 Å². The van der Waals surface area contributed by atoms with E-state index in [0.717, 1.165) is 81.5 Å². The molecule has 1 aliphatic carbocycles. The third-order valence-electron chi connectivity index (χ3n) is 6.91. The average Bonchev–Trinajstić information content (AvgIpc) is 3.66. The van der Waals surface area contributed by atoms with Gasteiger partial charge in [0.15, 0.2) is 0 Å². The van der Waals surface area contributed by atoms with E-state index in [1.165, 1.54) is 11.1 Å². The van der Waals surface area contributed by atoms with Crippen molar-refractivity contribution in [2.75, 3.05) is 13.2 Å². The number of amides is 1. The van der Waals surface area contributed by atoms with Crippen molar-refractivity contribution < 1.29 is 9.53 Å². The molecule has 1 unspecified atom stereocenters. The fourth-order valence-electron chi connectivity index (χ4n) is 4.39. The summed E-state index contributed by atoms with van der Waals surface area (Å²) in [6, 6.07) is 16.9. The molecule has 0 radical (unpaired) electrons. The summed E-state index contributed by atoms with van der Waals surface area (Å²) in [5.41, 5.74) is 3.64. The smallest absolute Gasteiger partial charge is 0.223 e. The molecular formula is C29H39N3O2. The molecule has 1 N–H and O–H groups in total. The summed E-state index contributed by atoms with van der Waals surface area (Å²) in [7, 11) is 0. The first-order valence-electron chi connectivity index (χ1n) is 13.1. The normalized spacial score (nSPS) is 14.3. The van der Waals surface area contributed by atoms with Crippen LogP contribution in [0.1, 0.15) is 76.1 Å². The molecule has 0 bridgehead atoms. The minimum Gasteiger partial charge on any atom is -0.494 e. The number of unbranched alkanes of at least 4 members (excludes halogenated alkanes) is 2. The number of hydrogen-bond donors (Lipinski definition) is 1. The molecule has 1 heterocycles. The maximum Gasteiger partial charge on any atom is 0.223 e. The van der Waals surface area contributed by atoms with Crippen LogP contribution < -0.4 is 10.1 Å². The largest absolute Gasteiger partial charge is 0.494 e. The quantitative estimate of drug-likeness (QED) is 0.288. The zero-order valence-electron chi connectivity index (χ0n) is 20.8. The van der Waals surface area contributed by atoms with Gasteiger partial charge in [-0.1, -0.05) is 44.5 Å². The van der Waals surface area contributed by atoms with Crippen LogP contribution in [0.2, 0.25) is 0 Å². The van der Waals surface area contributed by atoms with E-state index in [2.05, 4.69) is 72.3 Å². The van der Waals surface area contributed by atoms with E-state index in [9.17, 15) is 4.79 Å². The molecule has 0 saturated heterocycles. The lowest BCUT2D eigenvalue weighted by Crippen LogP contribution is -2.25. The molecular weight excluding hydrogens is 422 g/mol. The number of carbonyl (C=O) groups excluding carboxylic acids is 1. The second kappa shape index (κ2) is 12.0. The Balaban J connectivity index is 1.24. The first-order valence-corrected chi connectivity index (χ1v) is 13.1. The van der Waals surface area contributed by atoms with Crippen molar-refractivity contribution in [1.29, 1.82) is 0 Å². The number of ether oxygens (including phenoxy) is 1. The van der Waals surface area contributed by atoms with Crippen LogP contribution in [0.4, 0.5) is 0 Å². The van der Waals surface area contributed by atoms with Crippen molar-refractivity contribution in [1.82, 2.24) is 14.9 Å². The molecule has 3 aromatic rings. The van der Waals surface area contributed by atoms with Gasteiger partial charge in [-0.05, 0) is 74.3 Å². The Bertz CT molecular complexity index is 1050. The molecule has 1 amide bonds. The van der Waals surface area contributed by atoms with Gasteiger partial charge in [0, 0.05) is 25.4 Å². The number of nitrogens with zero attached hydrogens (tertiary/aromatic N) is 2. The molecule has 1 fully saturated rings. The first kappa shape index (κ1) is 24.3. The summed E-state index contributed by atoms with van der Waals surface area (Å²) < 4.78 is 8.38. The Hall–Kier alpha value is -2.82. The highest BCUT2D eigenvalue weighted by atomic mass is 16.5. The maximum atomic E-state index is 11.7. The van der Waals surface area contributed by atoms with Crippen LogP contribution in [0.25, 0.3) is 11.0 Å². The summed E-state index contributed by atoms with van der Waals surface area (Å²) in [5, 5.41) is 3.06. The number of rotatable bonds is 14. The van der Waals surface area contributed by atoms with E-state index < -0.39 is 0 Å². The van der Waals surface area contributed by atoms with E-state index in [1.54, 1.807) is 0 Å². The van der Waals surface area contributed by atoms with Gasteiger partial charge in [-0.3, -0.25) is 4.79 Å². The monoisotopic (exact) mass is 461 g/mol. The van der Waals surface area contributed by atoms with Crippen LogP contribution in [0.5, 0.6) is 5.75 Å². The predicted molar refractivity (Wildman–Crippen MR) is 138 cm³/mol. The second-order valence-corrected chi connectivity index (χ2v) is 9.62. The van der Waals surface area contributed by atoms with E-state index in [0.29, 0.717) is 18.4 Å². The van der Waals surface area contributed by atoms with Gasteiger partial charge < -0.3 is 14.6 Å². The molecule has 1 aliphatic rings. The Morgan fingerprint density at radius 1 is 1.09 bits per heavy atom. The summed E-state index contributed by atoms with van der Waals surface area (Å²) in [4.78, 5) is 16.7. The van der Waals surface area contributed by atoms with Gasteiger partial charge in [0.2, 0.25) is 5.91 Å². The van der Waals surface area contributed by atoms with Gasteiger partial charge >= 0.3 is 0 Å². The van der Waals surface area contributed by atoms with Crippen LogP contribution >= 0.6 is 0 Å². The highest BCUT2D eigenvalue weighted by Gasteiger charge is 2.28. The fourth-order valence-corrected chi connectivity index (χ4v) is 4.39. The molecule has 182 valence electrons. The van der Waals surface area contributed by atoms with E-state index in [4.69, 9.17) is 9.72 Å². The number of carbonyl (C=O) groups is 1. The van der Waals surface area contributed by atoms with E-state index >= 15 is 0 Å². The lowest BCUT2D eigenvalue weighted by molar-refractivity contribution is -0.122. The first-order chi connectivity index (χ1) is 16.7. The number of benzene rings is 2. The van der Waals surface area contributed by atoms with Crippen molar-refractivity contribution in [3.8, 4) is 5.75 Å². The van der Waals surface area contributed by atoms with Gasteiger partial charge in [0.1, 0.15) is 11.6 Å². The minimum absolute atomic E-state index is 0.246. The summed E-state index contributed by atoms with van der Waals surface area (Å²) in [6.07, 6.45) is 8.40. The van der Waals surface area contributed by atoms with Crippen LogP contribution in [-0.4, -0.2) is 28.6 Å². The topological polar surface area (TPSA) is 56.1 Å². The predicted octanol–water partition coefficient (Wildman–Crippen LogP) is 6.26. The third kappa shape index (κ3) is 6.62. The molecule has 5 nitrogen and oxygen atoms in total. The molecule has 4 rings (SSSR count). The number of hydrogen-bond acceptors (Lipinski definition) is 3. The maximum absolute atomic E-state index is 11.7. The van der Waals surface area contributed by atoms with Crippen LogP contribution in [0.3, 0.4) is 0 Å². The zero-order chi connectivity index (χ0) is 23.8. The number of para-hydroxylation sites is 2. The SMILES string of the molecule is CCC(C)c1ccc(OCCCn2c(CCCCCNC(=O)C3CC3)nc3ccccc32)cc1. The van der Waals surface area contributed by atoms with Gasteiger partial charge in [-0.2, -0.15) is 0 Å². The Labute approximate surface area is 203 Å². The van der Waals surface area contributed by atoms with Gasteiger partial charge in [0.05, 0.1) is 17.6 Å². The van der Waals surface area contributed by atoms with Crippen LogP contribution in [-0.2, 0) is 17.8 Å². The number of nitrogens with one attached hydrogen (secondary N) is 1. The molecule has 0 aliphatic heterocycles. The molecule has 1 atom stereocenters. The van der Waals surface area contributed by atoms with Crippen molar-refractivity contribution in [2.45, 2.75) is 77.7 Å². The number of imidazole rings is 1. The van der Waals surface area contributed by atoms with E-state index in [1.807, 2.05) is 0 Å². The lowest BCUT2D eigenvalue weighted by Gasteiger charge is -2.12. The van der Waals surface area contributed by atoms with Crippen LogP contribution in [0, 0.1) is 5.92 Å². The van der Waals surface area contributed by atoms with E-state index in [-0.39, 0.29) is 5.91 Å². The highest BCUT2D eigenvalue weighted by molar-refractivity contribution is 5.80. The molecule has 0 spiro atoms. The average molecular weight is 462 g/mol. The molecule has 1 saturated carbocycles. The van der Waals surface area contributed by atoms with Crippen LogP contribution in [0.15, 0.2) is 48.5 Å². The summed E-state index contributed by atoms with van der Waals surface area (Å²) >= 11 is 0. The van der Waals surface area contributed by atoms with Crippen molar-refractivity contribution in [3.05, 3.63) is 59.9 Å². The minimum atomic E-state index is 0.246. The number of fused-ring (bicyclic) bond motifs is 1. The second-order valence-electron chi connectivity index (χ2n) is 9.62. The standard InChI is InChI=1S/C29H39N3O2/c1-3-22(2)23-15-17-25(18-16-23)34-21-9-20-32-27-11-7-6-10-26(27)31-28(32)12-5-4-8-19-30-29(33)24-13-14-24/h6-7,10-11,15-18,22,24H,3-5,8-9,12-14,19-21H2,1-2H3,(H,30,33). The summed E-state index contributed by atoms with van der Waals surface area (Å²) in [6.45, 7) is 6.86. The van der Waals surface area contributed by atoms with Gasteiger partial charge in [-0.15, -0.1) is 0 Å². The van der Waals surface area contributed by atoms with Gasteiger partial charge in [0.25, 0.3) is 0 Å². The number of aromatic nitrogens is 2. The molecule has 2 aromatic carbocycles. The van der Waals surface area contributed by atoms with Crippen molar-refractivity contribution >= 4 is 16.9 Å². The molecule has 34 heavy (non-hydrogen) atoms.